The molecule has 0 bridgehead atoms. The molecule has 26 heavy (non-hydrogen) atoms. The Hall–Kier alpha value is -1.17. The summed E-state index contributed by atoms with van der Waals surface area (Å²) in [6.07, 6.45) is -2.06. The van der Waals surface area contributed by atoms with Crippen molar-refractivity contribution in [3.8, 4) is 5.75 Å². The zero-order valence-electron chi connectivity index (χ0n) is 17.7. The number of hydrogen-bond acceptors (Lipinski definition) is 2. The van der Waals surface area contributed by atoms with Gasteiger partial charge in [0.25, 0.3) is 0 Å². The molecule has 0 saturated carbocycles. The van der Waals surface area contributed by atoms with Gasteiger partial charge in [-0.25, -0.2) is 0 Å². The van der Waals surface area contributed by atoms with E-state index in [1.807, 2.05) is 20.7 Å². The molecular weight excluding hydrogens is 340 g/mol. The van der Waals surface area contributed by atoms with E-state index in [4.69, 9.17) is 4.65 Å². The molecular formula is C20H34BF3O2. The van der Waals surface area contributed by atoms with Gasteiger partial charge in [-0.3, -0.25) is 0 Å². The Kier molecular flexibility index (Phi) is 9.24. The van der Waals surface area contributed by atoms with Crippen molar-refractivity contribution < 1.29 is 22.6 Å². The van der Waals surface area contributed by atoms with Crippen LogP contribution >= 0.6 is 0 Å². The zero-order chi connectivity index (χ0) is 20.8. The van der Waals surface area contributed by atoms with Crippen LogP contribution in [0, 0.1) is 12.3 Å². The molecule has 0 radical (unpaired) electrons. The molecule has 2 nitrogen and oxygen atoms in total. The second-order valence-electron chi connectivity index (χ2n) is 8.09. The molecule has 0 unspecified atom stereocenters. The van der Waals surface area contributed by atoms with Gasteiger partial charge in [-0.2, -0.15) is 0 Å². The van der Waals surface area contributed by atoms with Crippen molar-refractivity contribution in [1.29, 1.82) is 0 Å². The highest BCUT2D eigenvalue weighted by molar-refractivity contribution is 6.66. The maximum atomic E-state index is 12.4. The highest BCUT2D eigenvalue weighted by atomic mass is 19.4. The lowest BCUT2D eigenvalue weighted by atomic mass is 9.61. The summed E-state index contributed by atoms with van der Waals surface area (Å²) in [5, 5.41) is 0. The first-order valence-corrected chi connectivity index (χ1v) is 9.18. The van der Waals surface area contributed by atoms with Crippen molar-refractivity contribution >= 4 is 12.4 Å². The summed E-state index contributed by atoms with van der Waals surface area (Å²) in [6, 6.07) is 4.77. The standard InChI is InChI=1S/C16H24BF3O2.C4H10/c1-11-8-9-12(10-13(11)21-16(18,19)20)17(7)22-15(5,6)14(2,3)4;1-3-4-2/h8-10H,1-7H3;3-4H2,1-2H3. The number of halogens is 3. The van der Waals surface area contributed by atoms with Gasteiger partial charge in [-0.05, 0) is 43.3 Å². The van der Waals surface area contributed by atoms with Crippen molar-refractivity contribution in [2.24, 2.45) is 5.41 Å². The van der Waals surface area contributed by atoms with E-state index in [-0.39, 0.29) is 18.1 Å². The van der Waals surface area contributed by atoms with Crippen LogP contribution < -0.4 is 10.2 Å². The van der Waals surface area contributed by atoms with Crippen molar-refractivity contribution in [1.82, 2.24) is 0 Å². The van der Waals surface area contributed by atoms with Crippen LogP contribution in [0.4, 0.5) is 13.2 Å². The van der Waals surface area contributed by atoms with Gasteiger partial charge < -0.3 is 9.39 Å². The normalized spacial score (nSPS) is 12.3. The van der Waals surface area contributed by atoms with Crippen molar-refractivity contribution in [3.05, 3.63) is 23.8 Å². The molecule has 0 aliphatic heterocycles. The molecule has 6 heteroatoms. The second-order valence-corrected chi connectivity index (χ2v) is 8.09. The maximum Gasteiger partial charge on any atom is 0.573 e. The largest absolute Gasteiger partial charge is 0.573 e. The lowest BCUT2D eigenvalue weighted by Crippen LogP contribution is -2.47. The molecule has 0 amide bonds. The van der Waals surface area contributed by atoms with E-state index < -0.39 is 12.0 Å². The molecule has 0 atom stereocenters. The van der Waals surface area contributed by atoms with Gasteiger partial charge in [0.15, 0.2) is 0 Å². The van der Waals surface area contributed by atoms with E-state index in [9.17, 15) is 13.2 Å². The van der Waals surface area contributed by atoms with Gasteiger partial charge in [0.1, 0.15) is 5.75 Å². The van der Waals surface area contributed by atoms with E-state index in [1.54, 1.807) is 19.1 Å². The van der Waals surface area contributed by atoms with Crippen LogP contribution in [0.25, 0.3) is 0 Å². The van der Waals surface area contributed by atoms with Crippen LogP contribution in [-0.2, 0) is 4.65 Å². The summed E-state index contributed by atoms with van der Waals surface area (Å²) >= 11 is 0. The monoisotopic (exact) mass is 374 g/mol. The molecule has 0 aromatic heterocycles. The fourth-order valence-electron chi connectivity index (χ4n) is 1.79. The third-order valence-corrected chi connectivity index (χ3v) is 4.68. The Balaban J connectivity index is 0.00000141. The van der Waals surface area contributed by atoms with Crippen molar-refractivity contribution in [2.45, 2.75) is 87.0 Å². The van der Waals surface area contributed by atoms with Crippen LogP contribution in [0.15, 0.2) is 18.2 Å². The third-order valence-electron chi connectivity index (χ3n) is 4.68. The van der Waals surface area contributed by atoms with Gasteiger partial charge >= 0.3 is 13.3 Å². The maximum absolute atomic E-state index is 12.4. The summed E-state index contributed by atoms with van der Waals surface area (Å²) in [7, 11) is 0. The summed E-state index contributed by atoms with van der Waals surface area (Å²) < 4.78 is 47.4. The number of unbranched alkanes of at least 4 members (excludes halogenated alkanes) is 1. The number of alkyl halides is 3. The lowest BCUT2D eigenvalue weighted by Gasteiger charge is -2.40. The predicted octanol–water partition coefficient (Wildman–Crippen LogP) is 6.37. The first-order chi connectivity index (χ1) is 11.6. The third kappa shape index (κ3) is 8.48. The average Bonchev–Trinajstić information content (AvgIpc) is 2.46. The predicted molar refractivity (Wildman–Crippen MR) is 104 cm³/mol. The molecule has 0 spiro atoms. The minimum Gasteiger partial charge on any atom is -0.426 e. The second kappa shape index (κ2) is 9.68. The van der Waals surface area contributed by atoms with Crippen molar-refractivity contribution in [2.75, 3.05) is 0 Å². The fraction of sp³-hybridized carbons (Fsp3) is 0.700. The molecule has 0 aliphatic carbocycles. The zero-order valence-corrected chi connectivity index (χ0v) is 17.7. The summed E-state index contributed by atoms with van der Waals surface area (Å²) in [6.45, 7) is 17.6. The highest BCUT2D eigenvalue weighted by Crippen LogP contribution is 2.33. The van der Waals surface area contributed by atoms with E-state index in [0.29, 0.717) is 11.0 Å². The highest BCUT2D eigenvalue weighted by Gasteiger charge is 2.36. The molecule has 0 fully saturated rings. The Labute approximate surface area is 157 Å². The Morgan fingerprint density at radius 2 is 1.46 bits per heavy atom. The molecule has 1 aromatic rings. The summed E-state index contributed by atoms with van der Waals surface area (Å²) in [5.41, 5.74) is 0.560. The molecule has 1 rings (SSSR count). The van der Waals surface area contributed by atoms with E-state index >= 15 is 0 Å². The Morgan fingerprint density at radius 3 is 1.85 bits per heavy atom. The Bertz CT molecular complexity index is 547. The lowest BCUT2D eigenvalue weighted by molar-refractivity contribution is -0.274. The molecule has 0 heterocycles. The summed E-state index contributed by atoms with van der Waals surface area (Å²) in [5.74, 6) is -0.186. The average molecular weight is 374 g/mol. The minimum absolute atomic E-state index is 0.0999. The number of ether oxygens (including phenoxy) is 1. The van der Waals surface area contributed by atoms with Gasteiger partial charge in [-0.15, -0.1) is 13.2 Å². The van der Waals surface area contributed by atoms with Crippen LogP contribution in [0.5, 0.6) is 5.75 Å². The number of rotatable bonds is 5. The Morgan fingerprint density at radius 1 is 0.962 bits per heavy atom. The van der Waals surface area contributed by atoms with Gasteiger partial charge in [0.05, 0.1) is 5.60 Å². The number of hydrogen-bond donors (Lipinski definition) is 0. The van der Waals surface area contributed by atoms with Crippen LogP contribution in [0.2, 0.25) is 6.82 Å². The minimum atomic E-state index is -4.70. The smallest absolute Gasteiger partial charge is 0.426 e. The molecule has 0 saturated heterocycles. The van der Waals surface area contributed by atoms with Crippen LogP contribution in [0.1, 0.15) is 66.9 Å². The van der Waals surface area contributed by atoms with E-state index in [1.165, 1.54) is 18.9 Å². The first-order valence-electron chi connectivity index (χ1n) is 9.18. The number of aryl methyl sites for hydroxylation is 1. The quantitative estimate of drug-likeness (QED) is 0.558. The van der Waals surface area contributed by atoms with Gasteiger partial charge in [0.2, 0.25) is 0 Å². The number of benzene rings is 1. The molecule has 0 aliphatic rings. The van der Waals surface area contributed by atoms with Crippen LogP contribution in [0.3, 0.4) is 0 Å². The summed E-state index contributed by atoms with van der Waals surface area (Å²) in [4.78, 5) is 0. The molecule has 0 N–H and O–H groups in total. The van der Waals surface area contributed by atoms with E-state index in [0.717, 1.165) is 0 Å². The first kappa shape index (κ1) is 24.8. The van der Waals surface area contributed by atoms with Gasteiger partial charge in [0, 0.05) is 0 Å². The van der Waals surface area contributed by atoms with Crippen molar-refractivity contribution in [3.63, 3.8) is 0 Å². The fourth-order valence-corrected chi connectivity index (χ4v) is 1.79. The molecule has 1 aromatic carbocycles. The molecule has 150 valence electrons. The SMILES string of the molecule is CB(OC(C)(C)C(C)(C)C)c1ccc(C)c(OC(F)(F)F)c1.CCCC. The van der Waals surface area contributed by atoms with E-state index in [2.05, 4.69) is 39.4 Å². The topological polar surface area (TPSA) is 18.5 Å². The van der Waals surface area contributed by atoms with Crippen LogP contribution in [-0.4, -0.2) is 18.9 Å². The van der Waals surface area contributed by atoms with Gasteiger partial charge in [-0.1, -0.05) is 66.4 Å².